The maximum Gasteiger partial charge on any atom is 0.474 e. The predicted molar refractivity (Wildman–Crippen MR) is 241 cm³/mol. The Morgan fingerprint density at radius 3 is 2.25 bits per heavy atom. The second kappa shape index (κ2) is 20.2. The van der Waals surface area contributed by atoms with Gasteiger partial charge in [-0.05, 0) is 74.4 Å². The molecule has 0 radical (unpaired) electrons. The van der Waals surface area contributed by atoms with Gasteiger partial charge in [0.15, 0.2) is 15.5 Å². The first-order valence-electron chi connectivity index (χ1n) is 21.3. The minimum Gasteiger partial charge on any atom is -0.346 e. The van der Waals surface area contributed by atoms with Crippen LogP contribution in [0.4, 0.5) is 43.9 Å². The average molecular weight is 1120 g/mol. The summed E-state index contributed by atoms with van der Waals surface area (Å²) in [5.41, 5.74) is -5.66. The van der Waals surface area contributed by atoms with Gasteiger partial charge in [-0.2, -0.15) is 49.6 Å². The SMILES string of the molecule is COP(=O)(OC)OCCN(Cc1nn(CC(F)(F)F)c2c(-c3ccc(C#CC(C)(C)S(C)(=O)=O)nc3C(Cc3cc(F)cc(F)c3)NC(=O)Cn3nc(C(F)(F)F)c4c3C(F)(F)[C@@H]3C[C@H]43)ccc(Cl)c12)[SH](=O)=O. The maximum absolute atomic E-state index is 15.6. The number of hydrogen-bond donors (Lipinski definition) is 2. The molecule has 0 saturated heterocycles. The number of nitrogens with one attached hydrogen (secondary N) is 1. The van der Waals surface area contributed by atoms with Crippen LogP contribution in [0.3, 0.4) is 0 Å². The highest BCUT2D eigenvalue weighted by atomic mass is 35.5. The van der Waals surface area contributed by atoms with Crippen molar-refractivity contribution >= 4 is 57.0 Å². The fourth-order valence-electron chi connectivity index (χ4n) is 8.29. The van der Waals surface area contributed by atoms with E-state index >= 15 is 8.78 Å². The fraction of sp³-hybridized carbons (Fsp3) is 0.442. The first kappa shape index (κ1) is 55.6. The number of alkyl halides is 8. The molecular weight excluding hydrogens is 1080 g/mol. The third kappa shape index (κ3) is 11.9. The topological polar surface area (TPSA) is 194 Å². The summed E-state index contributed by atoms with van der Waals surface area (Å²) in [5, 5.41) is 9.40. The number of phosphoric acid groups is 1. The second-order valence-electron chi connectivity index (χ2n) is 17.4. The van der Waals surface area contributed by atoms with E-state index in [4.69, 9.17) is 16.1 Å². The molecule has 1 amide bonds. The Morgan fingerprint density at radius 1 is 1.01 bits per heavy atom. The van der Waals surface area contributed by atoms with Crippen LogP contribution in [0, 0.1) is 29.4 Å². The summed E-state index contributed by atoms with van der Waals surface area (Å²) in [6.07, 6.45) is -10.3. The van der Waals surface area contributed by atoms with E-state index in [-0.39, 0.29) is 49.6 Å². The molecule has 2 aliphatic carbocycles. The molecule has 5 aromatic rings. The summed E-state index contributed by atoms with van der Waals surface area (Å²) < 4.78 is 223. The molecule has 3 atom stereocenters. The van der Waals surface area contributed by atoms with Crippen LogP contribution in [-0.4, -0.2) is 96.1 Å². The van der Waals surface area contributed by atoms with Crippen LogP contribution in [0.15, 0.2) is 42.5 Å². The minimum atomic E-state index is -5.21. The van der Waals surface area contributed by atoms with Crippen LogP contribution in [0.25, 0.3) is 22.0 Å². The van der Waals surface area contributed by atoms with Crippen molar-refractivity contribution in [1.29, 1.82) is 0 Å². The first-order valence-corrected chi connectivity index (χ1v) is 26.2. The zero-order valence-electron chi connectivity index (χ0n) is 38.5. The number of amides is 1. The molecule has 0 bridgehead atoms. The van der Waals surface area contributed by atoms with E-state index in [1.54, 1.807) is 0 Å². The van der Waals surface area contributed by atoms with Crippen molar-refractivity contribution in [3.05, 3.63) is 98.7 Å². The smallest absolute Gasteiger partial charge is 0.346 e. The molecule has 0 aliphatic heterocycles. The number of fused-ring (bicyclic) bond motifs is 4. The Balaban J connectivity index is 1.42. The quantitative estimate of drug-likeness (QED) is 0.0372. The van der Waals surface area contributed by atoms with Gasteiger partial charge in [0.2, 0.25) is 16.8 Å². The van der Waals surface area contributed by atoms with E-state index in [1.165, 1.54) is 38.1 Å². The third-order valence-corrected chi connectivity index (χ3v) is 16.5. The summed E-state index contributed by atoms with van der Waals surface area (Å²) in [5.74, 6) is -4.91. The highest BCUT2D eigenvalue weighted by molar-refractivity contribution is 7.92. The van der Waals surface area contributed by atoms with Gasteiger partial charge in [0.25, 0.3) is 5.92 Å². The molecule has 1 N–H and O–H groups in total. The van der Waals surface area contributed by atoms with Crippen LogP contribution in [0.1, 0.15) is 71.8 Å². The summed E-state index contributed by atoms with van der Waals surface area (Å²) in [4.78, 5) is 18.7. The van der Waals surface area contributed by atoms with E-state index in [9.17, 15) is 61.3 Å². The molecule has 1 saturated carbocycles. The van der Waals surface area contributed by atoms with Gasteiger partial charge in [0.05, 0.1) is 41.1 Å². The second-order valence-corrected chi connectivity index (χ2v) is 23.3. The number of aromatic nitrogens is 5. The molecule has 1 unspecified atom stereocenters. The number of carbonyl (C=O) groups is 1. The Labute approximate surface area is 415 Å². The van der Waals surface area contributed by atoms with Crippen LogP contribution in [0.2, 0.25) is 5.02 Å². The molecular formula is C43H41ClF10N7O9PS2. The number of rotatable bonds is 18. The Morgan fingerprint density at radius 2 is 1.66 bits per heavy atom. The van der Waals surface area contributed by atoms with E-state index in [0.717, 1.165) is 32.6 Å². The number of phosphoric ester groups is 1. The van der Waals surface area contributed by atoms with E-state index < -0.39 is 154 Å². The Kier molecular flexibility index (Phi) is 15.4. The van der Waals surface area contributed by atoms with Gasteiger partial charge >= 0.3 is 20.2 Å². The lowest BCUT2D eigenvalue weighted by Gasteiger charge is -2.23. The van der Waals surface area contributed by atoms with Gasteiger partial charge in [-0.25, -0.2) is 35.2 Å². The number of nitrogens with zero attached hydrogens (tertiary/aromatic N) is 6. The molecule has 0 spiro atoms. The molecule has 396 valence electrons. The van der Waals surface area contributed by atoms with Crippen LogP contribution < -0.4 is 5.32 Å². The zero-order valence-corrected chi connectivity index (χ0v) is 41.9. The van der Waals surface area contributed by atoms with Crippen molar-refractivity contribution in [1.82, 2.24) is 34.2 Å². The maximum atomic E-state index is 15.6. The monoisotopic (exact) mass is 1120 g/mol. The summed E-state index contributed by atoms with van der Waals surface area (Å²) in [7, 11) is -9.62. The van der Waals surface area contributed by atoms with Crippen LogP contribution >= 0.6 is 19.4 Å². The lowest BCUT2D eigenvalue weighted by atomic mass is 9.93. The summed E-state index contributed by atoms with van der Waals surface area (Å²) in [6, 6.07) is 5.19. The van der Waals surface area contributed by atoms with E-state index in [0.29, 0.717) is 15.1 Å². The Bertz CT molecular complexity index is 3280. The van der Waals surface area contributed by atoms with Crippen LogP contribution in [-0.2, 0) is 81.8 Å². The van der Waals surface area contributed by atoms with E-state index in [1.807, 2.05) is 0 Å². The normalized spacial score (nSPS) is 17.2. The fourth-order valence-corrected chi connectivity index (χ4v) is 9.95. The third-order valence-electron chi connectivity index (χ3n) is 12.0. The van der Waals surface area contributed by atoms with Gasteiger partial charge in [-0.3, -0.25) is 27.7 Å². The molecule has 1 fully saturated rings. The van der Waals surface area contributed by atoms with Crippen LogP contribution in [0.5, 0.6) is 0 Å². The first-order chi connectivity index (χ1) is 33.8. The molecule has 2 aromatic carbocycles. The minimum absolute atomic E-state index is 0.209. The largest absolute Gasteiger partial charge is 0.474 e. The number of pyridine rings is 1. The predicted octanol–water partition coefficient (Wildman–Crippen LogP) is 8.04. The number of thiol groups is 1. The lowest BCUT2D eigenvalue weighted by Crippen LogP contribution is -2.35. The van der Waals surface area contributed by atoms with Crippen molar-refractivity contribution < 1.29 is 83.7 Å². The van der Waals surface area contributed by atoms with Gasteiger partial charge in [-0.1, -0.05) is 23.6 Å². The standard InChI is InChI=1S/C43H41ClF10N7O9PS2/c1-40(2,73(5,66)67)11-10-25-6-7-26(27-8-9-30(44)35-32(57-61(37(27)35)21-41(47,48)49)19-59(72(64)65)12-13-70-71(63,68-3)69-4)36(55-25)31(16-22-14-23(45)17-24(46)15-22)56-33(62)20-60-39-34(38(58-60)43(52,53)54)28-18-29(28)42(39,50)51/h6-9,14-15,17,28-29,31,72H,12-13,16,18-21H2,1-5H3,(H,56,62)/t28-,29+,31?/m0/s1. The van der Waals surface area contributed by atoms with Gasteiger partial charge in [-0.15, -0.1) is 0 Å². The van der Waals surface area contributed by atoms with E-state index in [2.05, 4.69) is 41.4 Å². The highest BCUT2D eigenvalue weighted by Gasteiger charge is 2.68. The highest BCUT2D eigenvalue weighted by Crippen LogP contribution is 2.68. The van der Waals surface area contributed by atoms with Crippen molar-refractivity contribution in [2.45, 2.75) is 81.3 Å². The van der Waals surface area contributed by atoms with Gasteiger partial charge in [0.1, 0.15) is 40.9 Å². The number of hydrogen-bond acceptors (Lipinski definition) is 12. The van der Waals surface area contributed by atoms with Crippen molar-refractivity contribution in [3.63, 3.8) is 0 Å². The molecule has 3 aromatic heterocycles. The number of sulfone groups is 1. The molecule has 3 heterocycles. The summed E-state index contributed by atoms with van der Waals surface area (Å²) >= 11 is 6.66. The van der Waals surface area contributed by atoms with Gasteiger partial charge in [0, 0.05) is 61.1 Å². The molecule has 73 heavy (non-hydrogen) atoms. The van der Waals surface area contributed by atoms with Crippen molar-refractivity contribution in [3.8, 4) is 23.0 Å². The number of carbonyl (C=O) groups excluding carboxylic acids is 1. The zero-order chi connectivity index (χ0) is 54.0. The number of halogens is 11. The lowest BCUT2D eigenvalue weighted by molar-refractivity contribution is -0.143. The molecule has 7 rings (SSSR count). The van der Waals surface area contributed by atoms with Crippen molar-refractivity contribution in [2.75, 3.05) is 33.6 Å². The molecule has 30 heteroatoms. The van der Waals surface area contributed by atoms with Crippen molar-refractivity contribution in [2.24, 2.45) is 5.92 Å². The average Bonchev–Trinajstić information content (AvgIpc) is 3.79. The number of benzene rings is 2. The van der Waals surface area contributed by atoms with Gasteiger partial charge < -0.3 is 5.32 Å². The summed E-state index contributed by atoms with van der Waals surface area (Å²) in [6.45, 7) is -2.58. The Hall–Kier alpha value is -5.14. The molecule has 16 nitrogen and oxygen atoms in total. The molecule has 2 aliphatic rings.